The number of rotatable bonds is 2. The molecule has 0 amide bonds. The molecule has 2 fully saturated rings. The summed E-state index contributed by atoms with van der Waals surface area (Å²) >= 11 is 0. The molecule has 15 heavy (non-hydrogen) atoms. The maximum absolute atomic E-state index is 5.61. The van der Waals surface area contributed by atoms with Gasteiger partial charge < -0.3 is 9.64 Å². The van der Waals surface area contributed by atoms with Crippen molar-refractivity contribution in [3.63, 3.8) is 0 Å². The maximum Gasteiger partial charge on any atom is 0.208 e. The maximum atomic E-state index is 5.61. The monoisotopic (exact) mass is 212 g/mol. The van der Waals surface area contributed by atoms with Crippen LogP contribution >= 0.6 is 0 Å². The smallest absolute Gasteiger partial charge is 0.208 e. The summed E-state index contributed by atoms with van der Waals surface area (Å²) < 4.78 is 5.61. The molecule has 5 nitrogen and oxygen atoms in total. The molecule has 0 spiro atoms. The molecule has 1 heterocycles. The third-order valence-electron chi connectivity index (χ3n) is 2.87. The fourth-order valence-corrected chi connectivity index (χ4v) is 1.75. The minimum atomic E-state index is 0.316. The van der Waals surface area contributed by atoms with E-state index < -0.39 is 0 Å². The molecule has 1 aliphatic carbocycles. The molecule has 86 valence electrons. The summed E-state index contributed by atoms with van der Waals surface area (Å²) in [5.74, 6) is 6.34. The van der Waals surface area contributed by atoms with Crippen LogP contribution in [0.3, 0.4) is 0 Å². The highest BCUT2D eigenvalue weighted by molar-refractivity contribution is 5.79. The van der Waals surface area contributed by atoms with Crippen molar-refractivity contribution in [2.24, 2.45) is 10.8 Å². The van der Waals surface area contributed by atoms with Gasteiger partial charge in [0.25, 0.3) is 0 Å². The zero-order valence-corrected chi connectivity index (χ0v) is 9.28. The molecule has 0 aromatic heterocycles. The SMILES string of the molecule is CCC1CN(C(=NC2CC2)NN)CCO1. The van der Waals surface area contributed by atoms with Crippen LogP contribution in [0.15, 0.2) is 4.99 Å². The van der Waals surface area contributed by atoms with Crippen LogP contribution in [-0.2, 0) is 4.74 Å². The number of ether oxygens (including phenoxy) is 1. The van der Waals surface area contributed by atoms with Crippen LogP contribution < -0.4 is 11.3 Å². The van der Waals surface area contributed by atoms with Crippen molar-refractivity contribution in [1.82, 2.24) is 10.3 Å². The van der Waals surface area contributed by atoms with Crippen LogP contribution in [0.5, 0.6) is 0 Å². The largest absolute Gasteiger partial charge is 0.375 e. The second-order valence-corrected chi connectivity index (χ2v) is 4.18. The van der Waals surface area contributed by atoms with E-state index in [0.717, 1.165) is 32.1 Å². The Hall–Kier alpha value is -0.810. The Morgan fingerprint density at radius 2 is 2.40 bits per heavy atom. The van der Waals surface area contributed by atoms with E-state index in [2.05, 4.69) is 22.2 Å². The molecule has 1 saturated heterocycles. The average molecular weight is 212 g/mol. The first-order valence-electron chi connectivity index (χ1n) is 5.74. The molecule has 3 N–H and O–H groups in total. The molecular formula is C10H20N4O. The summed E-state index contributed by atoms with van der Waals surface area (Å²) in [4.78, 5) is 6.74. The van der Waals surface area contributed by atoms with Gasteiger partial charge in [-0.2, -0.15) is 0 Å². The lowest BCUT2D eigenvalue weighted by atomic mass is 10.2. The van der Waals surface area contributed by atoms with Crippen molar-refractivity contribution in [3.05, 3.63) is 0 Å². The molecule has 1 aliphatic heterocycles. The first kappa shape index (κ1) is 10.7. The Balaban J connectivity index is 1.94. The van der Waals surface area contributed by atoms with Gasteiger partial charge in [-0.3, -0.25) is 5.43 Å². The van der Waals surface area contributed by atoms with Crippen LogP contribution in [0.2, 0.25) is 0 Å². The fourth-order valence-electron chi connectivity index (χ4n) is 1.75. The lowest BCUT2D eigenvalue weighted by Crippen LogP contribution is -2.52. The van der Waals surface area contributed by atoms with Crippen molar-refractivity contribution >= 4 is 5.96 Å². The number of hydrogen-bond acceptors (Lipinski definition) is 3. The van der Waals surface area contributed by atoms with Crippen molar-refractivity contribution in [2.75, 3.05) is 19.7 Å². The van der Waals surface area contributed by atoms with Gasteiger partial charge in [0, 0.05) is 13.1 Å². The molecule has 1 unspecified atom stereocenters. The number of morpholine rings is 1. The van der Waals surface area contributed by atoms with Crippen molar-refractivity contribution in [3.8, 4) is 0 Å². The van der Waals surface area contributed by atoms with E-state index in [1.807, 2.05) is 0 Å². The van der Waals surface area contributed by atoms with E-state index in [4.69, 9.17) is 10.6 Å². The molecule has 1 atom stereocenters. The van der Waals surface area contributed by atoms with Crippen LogP contribution in [0.25, 0.3) is 0 Å². The van der Waals surface area contributed by atoms with E-state index in [1.54, 1.807) is 0 Å². The van der Waals surface area contributed by atoms with Gasteiger partial charge in [0.05, 0.1) is 18.8 Å². The first-order chi connectivity index (χ1) is 7.33. The van der Waals surface area contributed by atoms with Crippen LogP contribution in [0.1, 0.15) is 26.2 Å². The third-order valence-corrected chi connectivity index (χ3v) is 2.87. The van der Waals surface area contributed by atoms with Gasteiger partial charge in [-0.15, -0.1) is 0 Å². The first-order valence-corrected chi connectivity index (χ1v) is 5.74. The fraction of sp³-hybridized carbons (Fsp3) is 0.900. The van der Waals surface area contributed by atoms with E-state index >= 15 is 0 Å². The highest BCUT2D eigenvalue weighted by Crippen LogP contribution is 2.24. The second kappa shape index (κ2) is 4.81. The van der Waals surface area contributed by atoms with E-state index in [0.29, 0.717) is 12.1 Å². The Kier molecular flexibility index (Phi) is 3.43. The minimum absolute atomic E-state index is 0.316. The number of hydrogen-bond donors (Lipinski definition) is 2. The molecule has 0 bridgehead atoms. The van der Waals surface area contributed by atoms with Gasteiger partial charge in [-0.1, -0.05) is 6.92 Å². The van der Waals surface area contributed by atoms with Crippen molar-refractivity contribution in [1.29, 1.82) is 0 Å². The zero-order chi connectivity index (χ0) is 10.7. The van der Waals surface area contributed by atoms with Gasteiger partial charge in [0.15, 0.2) is 0 Å². The summed E-state index contributed by atoms with van der Waals surface area (Å²) in [7, 11) is 0. The molecule has 2 aliphatic rings. The van der Waals surface area contributed by atoms with Gasteiger partial charge in [0.1, 0.15) is 0 Å². The highest BCUT2D eigenvalue weighted by atomic mass is 16.5. The second-order valence-electron chi connectivity index (χ2n) is 4.18. The molecule has 0 aromatic rings. The van der Waals surface area contributed by atoms with E-state index in [1.165, 1.54) is 12.8 Å². The topological polar surface area (TPSA) is 62.9 Å². The summed E-state index contributed by atoms with van der Waals surface area (Å²) in [6.45, 7) is 4.68. The molecule has 0 radical (unpaired) electrons. The summed E-state index contributed by atoms with van der Waals surface area (Å²) in [6, 6.07) is 0.499. The van der Waals surface area contributed by atoms with Crippen LogP contribution in [0.4, 0.5) is 0 Å². The van der Waals surface area contributed by atoms with E-state index in [9.17, 15) is 0 Å². The molecular weight excluding hydrogens is 192 g/mol. The zero-order valence-electron chi connectivity index (χ0n) is 9.28. The number of nitrogens with zero attached hydrogens (tertiary/aromatic N) is 2. The van der Waals surface area contributed by atoms with Crippen LogP contribution in [0, 0.1) is 0 Å². The molecule has 2 rings (SSSR count). The molecule has 1 saturated carbocycles. The summed E-state index contributed by atoms with van der Waals surface area (Å²) in [5.41, 5.74) is 2.71. The molecule has 5 heteroatoms. The van der Waals surface area contributed by atoms with E-state index in [-0.39, 0.29) is 0 Å². The minimum Gasteiger partial charge on any atom is -0.375 e. The normalized spacial score (nSPS) is 28.0. The Morgan fingerprint density at radius 3 is 3.00 bits per heavy atom. The van der Waals surface area contributed by atoms with Gasteiger partial charge in [-0.25, -0.2) is 10.8 Å². The average Bonchev–Trinajstić information content (AvgIpc) is 3.10. The summed E-state index contributed by atoms with van der Waals surface area (Å²) in [5, 5.41) is 0. The van der Waals surface area contributed by atoms with Crippen LogP contribution in [-0.4, -0.2) is 42.7 Å². The Morgan fingerprint density at radius 1 is 1.60 bits per heavy atom. The van der Waals surface area contributed by atoms with Gasteiger partial charge in [0.2, 0.25) is 5.96 Å². The Labute approximate surface area is 90.6 Å². The van der Waals surface area contributed by atoms with Crippen molar-refractivity contribution in [2.45, 2.75) is 38.3 Å². The third kappa shape index (κ3) is 2.82. The number of aliphatic imine (C=N–C) groups is 1. The number of nitrogens with two attached hydrogens (primary N) is 1. The lowest BCUT2D eigenvalue weighted by molar-refractivity contribution is -0.00813. The molecule has 0 aromatic carbocycles. The van der Waals surface area contributed by atoms with Gasteiger partial charge in [-0.05, 0) is 19.3 Å². The summed E-state index contributed by atoms with van der Waals surface area (Å²) in [6.07, 6.45) is 3.76. The standard InChI is InChI=1S/C10H20N4O/c1-2-9-7-14(5-6-15-9)10(13-11)12-8-3-4-8/h8-9H,2-7,11H2,1H3,(H,12,13). The predicted octanol–water partition coefficient (Wildman–Crippen LogP) is 0.0789. The number of hydrazine groups is 1. The van der Waals surface area contributed by atoms with Crippen molar-refractivity contribution < 1.29 is 4.74 Å². The number of nitrogens with one attached hydrogen (secondary N) is 1. The lowest BCUT2D eigenvalue weighted by Gasteiger charge is -2.34. The Bertz CT molecular complexity index is 240. The number of guanidine groups is 1. The highest BCUT2D eigenvalue weighted by Gasteiger charge is 2.25. The predicted molar refractivity (Wildman–Crippen MR) is 59.4 cm³/mol. The quantitative estimate of drug-likeness (QED) is 0.294. The van der Waals surface area contributed by atoms with Gasteiger partial charge >= 0.3 is 0 Å².